The van der Waals surface area contributed by atoms with Crippen LogP contribution >= 0.6 is 0 Å². The van der Waals surface area contributed by atoms with Gasteiger partial charge in [0.25, 0.3) is 11.6 Å². The van der Waals surface area contributed by atoms with Crippen molar-refractivity contribution in [2.75, 3.05) is 5.32 Å². The van der Waals surface area contributed by atoms with Gasteiger partial charge < -0.3 is 10.1 Å². The number of hydrogen-bond acceptors (Lipinski definition) is 7. The van der Waals surface area contributed by atoms with E-state index in [1.165, 1.54) is 19.2 Å². The smallest absolute Gasteiger partial charge is 0.320 e. The number of nitro benzene ring substituents is 1. The van der Waals surface area contributed by atoms with E-state index in [-0.39, 0.29) is 17.1 Å². The zero-order valence-electron chi connectivity index (χ0n) is 15.4. The fraction of sp³-hybridized carbons (Fsp3) is 0.111. The van der Waals surface area contributed by atoms with E-state index in [1.807, 2.05) is 19.1 Å². The zero-order chi connectivity index (χ0) is 21.1. The van der Waals surface area contributed by atoms with Crippen molar-refractivity contribution in [1.29, 1.82) is 0 Å². The summed E-state index contributed by atoms with van der Waals surface area (Å²) in [6.45, 7) is 1.82. The third-order valence-corrected chi connectivity index (χ3v) is 3.90. The van der Waals surface area contributed by atoms with E-state index < -0.39 is 27.1 Å². The minimum atomic E-state index is -0.875. The fourth-order valence-corrected chi connectivity index (χ4v) is 2.58. The van der Waals surface area contributed by atoms with E-state index in [4.69, 9.17) is 4.74 Å². The van der Waals surface area contributed by atoms with Gasteiger partial charge in [0.15, 0.2) is 0 Å². The quantitative estimate of drug-likeness (QED) is 0.494. The number of ether oxygens (including phenoxy) is 1. The molecule has 2 aromatic carbocycles. The number of rotatable bonds is 6. The van der Waals surface area contributed by atoms with Crippen molar-refractivity contribution in [3.8, 4) is 11.5 Å². The minimum Gasteiger partial charge on any atom is -0.457 e. The highest BCUT2D eigenvalue weighted by atomic mass is 16.6. The highest BCUT2D eigenvalue weighted by Crippen LogP contribution is 2.31. The summed E-state index contributed by atoms with van der Waals surface area (Å²) in [5, 5.41) is 28.5. The molecule has 0 atom stereocenters. The molecular formula is C18H15N5O6. The number of nitrogens with zero attached hydrogens (tertiary/aromatic N) is 4. The van der Waals surface area contributed by atoms with Gasteiger partial charge in [0, 0.05) is 19.2 Å². The standard InChI is InChI=1S/C18H15N5O6/c1-11-5-3-4-6-16(11)29-14-8-12(7-13(9-14)22(25)26)19-18(24)17-15(23(27)28)10-21(2)20-17/h3-10H,1-2H3,(H,19,24). The van der Waals surface area contributed by atoms with Crippen molar-refractivity contribution in [1.82, 2.24) is 9.78 Å². The number of amides is 1. The van der Waals surface area contributed by atoms with Gasteiger partial charge in [0.1, 0.15) is 17.7 Å². The number of carbonyl (C=O) groups excluding carboxylic acids is 1. The predicted molar refractivity (Wildman–Crippen MR) is 102 cm³/mol. The first-order valence-electron chi connectivity index (χ1n) is 8.27. The number of nitro groups is 2. The van der Waals surface area contributed by atoms with Gasteiger partial charge in [-0.05, 0) is 18.6 Å². The average molecular weight is 397 g/mol. The lowest BCUT2D eigenvalue weighted by Gasteiger charge is -2.10. The van der Waals surface area contributed by atoms with Gasteiger partial charge in [-0.25, -0.2) is 0 Å². The molecule has 148 valence electrons. The van der Waals surface area contributed by atoms with Crippen LogP contribution in [0.4, 0.5) is 17.1 Å². The second kappa shape index (κ2) is 7.76. The molecule has 0 bridgehead atoms. The number of non-ortho nitro benzene ring substituents is 1. The molecule has 3 aromatic rings. The summed E-state index contributed by atoms with van der Waals surface area (Å²) < 4.78 is 6.84. The lowest BCUT2D eigenvalue weighted by Crippen LogP contribution is -2.14. The van der Waals surface area contributed by atoms with Gasteiger partial charge in [-0.15, -0.1) is 0 Å². The summed E-state index contributed by atoms with van der Waals surface area (Å²) in [7, 11) is 1.44. The molecule has 0 aliphatic heterocycles. The van der Waals surface area contributed by atoms with Gasteiger partial charge in [0.05, 0.1) is 21.6 Å². The number of carbonyl (C=O) groups is 1. The average Bonchev–Trinajstić information content (AvgIpc) is 3.06. The Morgan fingerprint density at radius 2 is 1.86 bits per heavy atom. The highest BCUT2D eigenvalue weighted by molar-refractivity contribution is 6.05. The number of benzene rings is 2. The van der Waals surface area contributed by atoms with Crippen molar-refractivity contribution in [2.45, 2.75) is 6.92 Å². The third kappa shape index (κ3) is 4.35. The van der Waals surface area contributed by atoms with Gasteiger partial charge in [-0.2, -0.15) is 5.10 Å². The highest BCUT2D eigenvalue weighted by Gasteiger charge is 2.25. The Morgan fingerprint density at radius 3 is 2.52 bits per heavy atom. The second-order valence-electron chi connectivity index (χ2n) is 6.09. The molecule has 11 nitrogen and oxygen atoms in total. The summed E-state index contributed by atoms with van der Waals surface area (Å²) >= 11 is 0. The van der Waals surface area contributed by atoms with Crippen molar-refractivity contribution in [3.05, 3.63) is 80.1 Å². The summed E-state index contributed by atoms with van der Waals surface area (Å²) in [6, 6.07) is 10.8. The molecule has 11 heteroatoms. The zero-order valence-corrected chi connectivity index (χ0v) is 15.4. The molecule has 0 aliphatic carbocycles. The van der Waals surface area contributed by atoms with Crippen LogP contribution in [0, 0.1) is 27.2 Å². The molecule has 1 aromatic heterocycles. The molecule has 0 radical (unpaired) electrons. The van der Waals surface area contributed by atoms with Crippen LogP contribution in [0.3, 0.4) is 0 Å². The summed E-state index contributed by atoms with van der Waals surface area (Å²) in [5.41, 5.74) is -0.361. The number of nitrogens with one attached hydrogen (secondary N) is 1. The maximum Gasteiger partial charge on any atom is 0.320 e. The normalized spacial score (nSPS) is 10.4. The van der Waals surface area contributed by atoms with Crippen LogP contribution in [0.25, 0.3) is 0 Å². The van der Waals surface area contributed by atoms with E-state index >= 15 is 0 Å². The largest absolute Gasteiger partial charge is 0.457 e. The Balaban J connectivity index is 1.94. The van der Waals surface area contributed by atoms with E-state index in [1.54, 1.807) is 12.1 Å². The van der Waals surface area contributed by atoms with Gasteiger partial charge >= 0.3 is 5.69 Å². The Morgan fingerprint density at radius 1 is 1.14 bits per heavy atom. The molecule has 1 amide bonds. The molecule has 0 spiro atoms. The molecule has 0 saturated heterocycles. The van der Waals surface area contributed by atoms with Crippen molar-refractivity contribution >= 4 is 23.0 Å². The van der Waals surface area contributed by atoms with E-state index in [9.17, 15) is 25.0 Å². The van der Waals surface area contributed by atoms with Crippen LogP contribution in [0.1, 0.15) is 16.1 Å². The molecule has 3 rings (SSSR count). The first kappa shape index (κ1) is 19.5. The van der Waals surface area contributed by atoms with Crippen LogP contribution in [0.2, 0.25) is 0 Å². The van der Waals surface area contributed by atoms with Gasteiger partial charge in [-0.1, -0.05) is 18.2 Å². The number of aromatic nitrogens is 2. The summed E-state index contributed by atoms with van der Waals surface area (Å²) in [5.74, 6) is -0.260. The molecule has 1 heterocycles. The molecule has 0 fully saturated rings. The maximum atomic E-state index is 12.5. The number of para-hydroxylation sites is 1. The molecular weight excluding hydrogens is 382 g/mol. The SMILES string of the molecule is Cc1ccccc1Oc1cc(NC(=O)c2nn(C)cc2[N+](=O)[O-])cc([N+](=O)[O-])c1. The van der Waals surface area contributed by atoms with Crippen LogP contribution in [-0.2, 0) is 7.05 Å². The van der Waals surface area contributed by atoms with Crippen molar-refractivity contribution in [2.24, 2.45) is 7.05 Å². The van der Waals surface area contributed by atoms with E-state index in [0.29, 0.717) is 5.75 Å². The first-order valence-corrected chi connectivity index (χ1v) is 8.27. The summed E-state index contributed by atoms with van der Waals surface area (Å²) in [4.78, 5) is 33.4. The van der Waals surface area contributed by atoms with Crippen LogP contribution < -0.4 is 10.1 Å². The molecule has 0 saturated carbocycles. The van der Waals surface area contributed by atoms with Gasteiger partial charge in [0.2, 0.25) is 5.69 Å². The van der Waals surface area contributed by atoms with Crippen LogP contribution in [0.5, 0.6) is 11.5 Å². The molecule has 29 heavy (non-hydrogen) atoms. The topological polar surface area (TPSA) is 142 Å². The maximum absolute atomic E-state index is 12.5. The Labute approximate surface area is 163 Å². The van der Waals surface area contributed by atoms with E-state index in [2.05, 4.69) is 10.4 Å². The lowest BCUT2D eigenvalue weighted by atomic mass is 10.2. The van der Waals surface area contributed by atoms with Crippen LogP contribution in [0.15, 0.2) is 48.7 Å². The fourth-order valence-electron chi connectivity index (χ4n) is 2.58. The molecule has 0 unspecified atom stereocenters. The summed E-state index contributed by atoms with van der Waals surface area (Å²) in [6.07, 6.45) is 1.09. The lowest BCUT2D eigenvalue weighted by molar-refractivity contribution is -0.385. The van der Waals surface area contributed by atoms with Crippen molar-refractivity contribution < 1.29 is 19.4 Å². The molecule has 0 aliphatic rings. The number of aryl methyl sites for hydroxylation is 2. The minimum absolute atomic E-state index is 0.0349. The van der Waals surface area contributed by atoms with Gasteiger partial charge in [-0.3, -0.25) is 29.7 Å². The third-order valence-electron chi connectivity index (χ3n) is 3.90. The second-order valence-corrected chi connectivity index (χ2v) is 6.09. The Bertz CT molecular complexity index is 1120. The first-order chi connectivity index (χ1) is 13.7. The number of anilines is 1. The monoisotopic (exact) mass is 397 g/mol. The Hall–Kier alpha value is -4.28. The molecule has 1 N–H and O–H groups in total. The van der Waals surface area contributed by atoms with Crippen LogP contribution in [-0.4, -0.2) is 25.5 Å². The number of hydrogen-bond donors (Lipinski definition) is 1. The Kier molecular flexibility index (Phi) is 5.21. The van der Waals surface area contributed by atoms with Crippen molar-refractivity contribution in [3.63, 3.8) is 0 Å². The van der Waals surface area contributed by atoms with E-state index in [0.717, 1.165) is 22.5 Å². The predicted octanol–water partition coefficient (Wildman–Crippen LogP) is 3.59.